The molecule has 0 aromatic rings. The van der Waals surface area contributed by atoms with Crippen molar-refractivity contribution in [1.82, 2.24) is 0 Å². The minimum atomic E-state index is 0.245. The van der Waals surface area contributed by atoms with E-state index in [4.69, 9.17) is 16.7 Å². The van der Waals surface area contributed by atoms with Gasteiger partial charge in [-0.25, -0.2) is 0 Å². The third-order valence-electron chi connectivity index (χ3n) is 0.768. The van der Waals surface area contributed by atoms with E-state index >= 15 is 0 Å². The summed E-state index contributed by atoms with van der Waals surface area (Å²) in [7, 11) is 1.00. The molecular weight excluding hydrogens is 176 g/mol. The zero-order chi connectivity index (χ0) is 10.4. The summed E-state index contributed by atoms with van der Waals surface area (Å²) in [5, 5.41) is 7.00. The molecule has 0 rings (SSSR count). The normalized spacial score (nSPS) is 7.17. The van der Waals surface area contributed by atoms with Crippen LogP contribution in [0.25, 0.3) is 0 Å². The van der Waals surface area contributed by atoms with E-state index in [1.54, 1.807) is 0 Å². The van der Waals surface area contributed by atoms with Crippen LogP contribution in [0, 0.1) is 0 Å². The number of carbonyl (C=O) groups excluding carboxylic acids is 1. The van der Waals surface area contributed by atoms with Gasteiger partial charge in [0.25, 0.3) is 0 Å². The average molecular weight is 197 g/mol. The molecule has 0 amide bonds. The fourth-order valence-corrected chi connectivity index (χ4v) is 0.493. The van der Waals surface area contributed by atoms with Crippen molar-refractivity contribution in [1.29, 1.82) is 0 Å². The first-order chi connectivity index (χ1) is 5.72. The molecule has 3 heteroatoms. The zero-order valence-corrected chi connectivity index (χ0v) is 9.32. The molecule has 0 saturated heterocycles. The summed E-state index contributed by atoms with van der Waals surface area (Å²) in [5.41, 5.74) is 0. The Labute approximate surface area is 80.9 Å². The van der Waals surface area contributed by atoms with E-state index in [9.17, 15) is 4.79 Å². The lowest BCUT2D eigenvalue weighted by Crippen LogP contribution is -1.93. The minimum Gasteiger partial charge on any atom is -0.400 e. The highest BCUT2D eigenvalue weighted by Gasteiger charge is 1.92. The van der Waals surface area contributed by atoms with Crippen molar-refractivity contribution in [2.45, 2.75) is 40.0 Å². The standard InChI is InChI=1S/C5H9ClO.C3H8.CH4O/c1-2-5(7)3-4-6;1-3-2;1-2/h2-4H2,1H3;3H2,1-2H3;2H,1H3. The summed E-state index contributed by atoms with van der Waals surface area (Å²) < 4.78 is 0. The molecular formula is C9H21ClO2. The Balaban J connectivity index is -0.000000137. The number of aliphatic hydroxyl groups is 1. The summed E-state index contributed by atoms with van der Waals surface area (Å²) in [6.07, 6.45) is 2.39. The summed E-state index contributed by atoms with van der Waals surface area (Å²) in [5.74, 6) is 0.710. The lowest BCUT2D eigenvalue weighted by Gasteiger charge is -1.85. The third kappa shape index (κ3) is 32.6. The third-order valence-corrected chi connectivity index (χ3v) is 0.957. The topological polar surface area (TPSA) is 37.3 Å². The van der Waals surface area contributed by atoms with Gasteiger partial charge < -0.3 is 5.11 Å². The second-order valence-corrected chi connectivity index (χ2v) is 2.42. The quantitative estimate of drug-likeness (QED) is 0.705. The summed E-state index contributed by atoms with van der Waals surface area (Å²) in [6, 6.07) is 0. The Morgan fingerprint density at radius 1 is 1.25 bits per heavy atom. The van der Waals surface area contributed by atoms with E-state index in [2.05, 4.69) is 13.8 Å². The van der Waals surface area contributed by atoms with E-state index in [1.807, 2.05) is 6.92 Å². The van der Waals surface area contributed by atoms with Gasteiger partial charge in [0.15, 0.2) is 0 Å². The number of halogens is 1. The predicted molar refractivity (Wildman–Crippen MR) is 54.7 cm³/mol. The fourth-order valence-electron chi connectivity index (χ4n) is 0.282. The monoisotopic (exact) mass is 196 g/mol. The minimum absolute atomic E-state index is 0.245. The van der Waals surface area contributed by atoms with Crippen molar-refractivity contribution in [3.05, 3.63) is 0 Å². The maximum Gasteiger partial charge on any atom is 0.133 e. The van der Waals surface area contributed by atoms with E-state index in [0.717, 1.165) is 7.11 Å². The van der Waals surface area contributed by atoms with Gasteiger partial charge in [0.05, 0.1) is 0 Å². The first kappa shape index (κ1) is 17.9. The van der Waals surface area contributed by atoms with Crippen molar-refractivity contribution in [2.24, 2.45) is 0 Å². The molecule has 0 aromatic heterocycles. The molecule has 0 aliphatic rings. The predicted octanol–water partition coefficient (Wildman–Crippen LogP) is 2.62. The zero-order valence-electron chi connectivity index (χ0n) is 8.56. The van der Waals surface area contributed by atoms with Gasteiger partial charge in [-0.1, -0.05) is 27.2 Å². The molecule has 0 aliphatic carbocycles. The molecule has 0 atom stereocenters. The van der Waals surface area contributed by atoms with Gasteiger partial charge in [-0.3, -0.25) is 4.79 Å². The van der Waals surface area contributed by atoms with Crippen molar-refractivity contribution in [3.8, 4) is 0 Å². The molecule has 0 aromatic carbocycles. The Morgan fingerprint density at radius 3 is 1.67 bits per heavy atom. The van der Waals surface area contributed by atoms with Crippen molar-refractivity contribution >= 4 is 17.4 Å². The number of carbonyl (C=O) groups is 1. The smallest absolute Gasteiger partial charge is 0.133 e. The number of Topliss-reactive ketones (excluding diaryl/α,β-unsaturated/α-hetero) is 1. The first-order valence-corrected chi connectivity index (χ1v) is 4.78. The van der Waals surface area contributed by atoms with E-state index in [-0.39, 0.29) is 5.78 Å². The van der Waals surface area contributed by atoms with Gasteiger partial charge in [0, 0.05) is 25.8 Å². The summed E-state index contributed by atoms with van der Waals surface area (Å²) >= 11 is 5.25. The molecule has 12 heavy (non-hydrogen) atoms. The molecule has 0 saturated carbocycles. The first-order valence-electron chi connectivity index (χ1n) is 4.25. The van der Waals surface area contributed by atoms with Crippen LogP contribution < -0.4 is 0 Å². The van der Waals surface area contributed by atoms with Gasteiger partial charge in [0.2, 0.25) is 0 Å². The van der Waals surface area contributed by atoms with Crippen LogP contribution in [-0.4, -0.2) is 23.9 Å². The number of aliphatic hydroxyl groups excluding tert-OH is 1. The molecule has 0 bridgehead atoms. The van der Waals surface area contributed by atoms with Crippen molar-refractivity contribution < 1.29 is 9.90 Å². The highest BCUT2D eigenvalue weighted by molar-refractivity contribution is 6.18. The Morgan fingerprint density at radius 2 is 1.58 bits per heavy atom. The van der Waals surface area contributed by atoms with E-state index in [1.165, 1.54) is 6.42 Å². The summed E-state index contributed by atoms with van der Waals surface area (Å²) in [6.45, 7) is 6.09. The maximum absolute atomic E-state index is 10.3. The van der Waals surface area contributed by atoms with Gasteiger partial charge in [-0.2, -0.15) is 0 Å². The summed E-state index contributed by atoms with van der Waals surface area (Å²) in [4.78, 5) is 10.3. The highest BCUT2D eigenvalue weighted by atomic mass is 35.5. The number of rotatable bonds is 3. The van der Waals surface area contributed by atoms with Gasteiger partial charge >= 0.3 is 0 Å². The van der Waals surface area contributed by atoms with Crippen LogP contribution in [0.3, 0.4) is 0 Å². The van der Waals surface area contributed by atoms with E-state index < -0.39 is 0 Å². The number of hydrogen-bond donors (Lipinski definition) is 1. The molecule has 0 spiro atoms. The van der Waals surface area contributed by atoms with Crippen LogP contribution >= 0.6 is 11.6 Å². The van der Waals surface area contributed by atoms with Crippen LogP contribution in [0.4, 0.5) is 0 Å². The van der Waals surface area contributed by atoms with Crippen molar-refractivity contribution in [3.63, 3.8) is 0 Å². The Kier molecular flexibility index (Phi) is 33.4. The van der Waals surface area contributed by atoms with Crippen molar-refractivity contribution in [2.75, 3.05) is 13.0 Å². The molecule has 2 nitrogen and oxygen atoms in total. The lowest BCUT2D eigenvalue weighted by molar-refractivity contribution is -0.118. The van der Waals surface area contributed by atoms with Crippen LogP contribution in [0.15, 0.2) is 0 Å². The van der Waals surface area contributed by atoms with Crippen LogP contribution in [-0.2, 0) is 4.79 Å². The molecule has 76 valence electrons. The highest BCUT2D eigenvalue weighted by Crippen LogP contribution is 1.89. The molecule has 1 N–H and O–H groups in total. The Bertz CT molecular complexity index is 74.9. The van der Waals surface area contributed by atoms with Gasteiger partial charge in [-0.05, 0) is 0 Å². The largest absolute Gasteiger partial charge is 0.400 e. The number of hydrogen-bond acceptors (Lipinski definition) is 2. The SMILES string of the molecule is CCC.CCC(=O)CCCl.CO. The van der Waals surface area contributed by atoms with Crippen LogP contribution in [0.5, 0.6) is 0 Å². The molecule has 0 unspecified atom stereocenters. The van der Waals surface area contributed by atoms with Crippen LogP contribution in [0.2, 0.25) is 0 Å². The number of ketones is 1. The lowest BCUT2D eigenvalue weighted by atomic mass is 10.2. The van der Waals surface area contributed by atoms with Crippen LogP contribution in [0.1, 0.15) is 40.0 Å². The molecule has 0 heterocycles. The molecule has 0 fully saturated rings. The maximum atomic E-state index is 10.3. The average Bonchev–Trinajstić information content (AvgIpc) is 2.10. The fraction of sp³-hybridized carbons (Fsp3) is 0.889. The molecule has 0 aliphatic heterocycles. The van der Waals surface area contributed by atoms with Gasteiger partial charge in [-0.15, -0.1) is 11.6 Å². The van der Waals surface area contributed by atoms with Gasteiger partial charge in [0.1, 0.15) is 5.78 Å². The van der Waals surface area contributed by atoms with E-state index in [0.29, 0.717) is 18.7 Å². The molecule has 0 radical (unpaired) electrons. The Hall–Kier alpha value is -0.0800. The second kappa shape index (κ2) is 22.4. The number of alkyl halides is 1. The second-order valence-electron chi connectivity index (χ2n) is 2.04.